The highest BCUT2D eigenvalue weighted by atomic mass is 16.5. The molecule has 0 amide bonds. The van der Waals surface area contributed by atoms with Crippen molar-refractivity contribution in [2.45, 2.75) is 44.0 Å². The second kappa shape index (κ2) is 6.08. The Morgan fingerprint density at radius 3 is 2.62 bits per heavy atom. The summed E-state index contributed by atoms with van der Waals surface area (Å²) in [6.07, 6.45) is -5.43. The summed E-state index contributed by atoms with van der Waals surface area (Å²) in [7, 11) is 0. The van der Waals surface area contributed by atoms with Crippen molar-refractivity contribution in [2.24, 2.45) is 0 Å². The third-order valence-electron chi connectivity index (χ3n) is 3.50. The molecule has 2 rings (SSSR count). The summed E-state index contributed by atoms with van der Waals surface area (Å²) in [4.78, 5) is 25.3. The Balaban J connectivity index is 2.44. The van der Waals surface area contributed by atoms with Crippen molar-refractivity contribution in [3.63, 3.8) is 0 Å². The summed E-state index contributed by atoms with van der Waals surface area (Å²) in [6, 6.07) is 0. The largest absolute Gasteiger partial charge is 0.394 e. The lowest BCUT2D eigenvalue weighted by Gasteiger charge is -2.26. The van der Waals surface area contributed by atoms with Crippen molar-refractivity contribution < 1.29 is 25.2 Å². The van der Waals surface area contributed by atoms with Crippen molar-refractivity contribution in [2.75, 3.05) is 6.61 Å². The SMILES string of the molecule is Cc1cn([C@@H]2O[C@H](CO)[C@@H](O)[C@H](O)C[C@H]2O)c(=O)[nH]c1=O. The van der Waals surface area contributed by atoms with Crippen LogP contribution in [0.15, 0.2) is 15.8 Å². The van der Waals surface area contributed by atoms with E-state index in [4.69, 9.17) is 4.74 Å². The smallest absolute Gasteiger partial charge is 0.330 e. The third kappa shape index (κ3) is 3.06. The topological polar surface area (TPSA) is 145 Å². The van der Waals surface area contributed by atoms with E-state index in [9.17, 15) is 30.0 Å². The Kier molecular flexibility index (Phi) is 4.59. The lowest BCUT2D eigenvalue weighted by molar-refractivity contribution is -0.148. The average Bonchev–Trinajstić information content (AvgIpc) is 2.53. The second-order valence-electron chi connectivity index (χ2n) is 5.09. The third-order valence-corrected chi connectivity index (χ3v) is 3.50. The van der Waals surface area contributed by atoms with Crippen LogP contribution in [-0.2, 0) is 4.74 Å². The molecule has 0 aliphatic carbocycles. The van der Waals surface area contributed by atoms with Crippen molar-refractivity contribution >= 4 is 0 Å². The minimum absolute atomic E-state index is 0.233. The molecular formula is C12H18N2O7. The molecular weight excluding hydrogens is 284 g/mol. The number of nitrogens with zero attached hydrogens (tertiary/aromatic N) is 1. The number of aromatic nitrogens is 2. The molecule has 0 unspecified atom stereocenters. The number of nitrogens with one attached hydrogen (secondary N) is 1. The predicted octanol–water partition coefficient (Wildman–Crippen LogP) is -2.79. The average molecular weight is 302 g/mol. The van der Waals surface area contributed by atoms with E-state index in [2.05, 4.69) is 4.98 Å². The van der Waals surface area contributed by atoms with Gasteiger partial charge in [-0.05, 0) is 6.92 Å². The van der Waals surface area contributed by atoms with E-state index in [0.717, 1.165) is 4.57 Å². The van der Waals surface area contributed by atoms with E-state index in [1.165, 1.54) is 13.1 Å². The first-order chi connectivity index (χ1) is 9.85. The molecule has 1 aliphatic rings. The van der Waals surface area contributed by atoms with Gasteiger partial charge in [0.05, 0.1) is 12.7 Å². The molecule has 21 heavy (non-hydrogen) atoms. The number of H-pyrrole nitrogens is 1. The summed E-state index contributed by atoms with van der Waals surface area (Å²) >= 11 is 0. The maximum Gasteiger partial charge on any atom is 0.330 e. The van der Waals surface area contributed by atoms with E-state index >= 15 is 0 Å². The number of ether oxygens (including phenoxy) is 1. The number of aryl methyl sites for hydroxylation is 1. The fourth-order valence-electron chi connectivity index (χ4n) is 2.28. The maximum atomic E-state index is 11.8. The fraction of sp³-hybridized carbons (Fsp3) is 0.667. The van der Waals surface area contributed by atoms with Gasteiger partial charge < -0.3 is 25.2 Å². The molecule has 0 bridgehead atoms. The lowest BCUT2D eigenvalue weighted by atomic mass is 10.0. The van der Waals surface area contributed by atoms with E-state index < -0.39 is 48.5 Å². The second-order valence-corrected chi connectivity index (χ2v) is 5.09. The Morgan fingerprint density at radius 1 is 1.33 bits per heavy atom. The van der Waals surface area contributed by atoms with Crippen LogP contribution in [0.5, 0.6) is 0 Å². The van der Waals surface area contributed by atoms with Crippen molar-refractivity contribution in [3.05, 3.63) is 32.6 Å². The molecule has 0 saturated carbocycles. The molecule has 1 aliphatic heterocycles. The van der Waals surface area contributed by atoms with Gasteiger partial charge in [0, 0.05) is 18.2 Å². The zero-order valence-corrected chi connectivity index (χ0v) is 11.3. The van der Waals surface area contributed by atoms with E-state index in [0.29, 0.717) is 0 Å². The van der Waals surface area contributed by atoms with E-state index in [1.54, 1.807) is 0 Å². The first kappa shape index (κ1) is 15.9. The summed E-state index contributed by atoms with van der Waals surface area (Å²) in [6.45, 7) is 0.879. The van der Waals surface area contributed by atoms with Gasteiger partial charge in [-0.25, -0.2) is 4.79 Å². The molecule has 1 fully saturated rings. The summed E-state index contributed by atoms with van der Waals surface area (Å²) in [5.41, 5.74) is -1.12. The normalized spacial score (nSPS) is 33.7. The molecule has 9 nitrogen and oxygen atoms in total. The fourth-order valence-corrected chi connectivity index (χ4v) is 2.28. The van der Waals surface area contributed by atoms with Crippen LogP contribution in [0, 0.1) is 6.92 Å². The number of aromatic amines is 1. The zero-order valence-electron chi connectivity index (χ0n) is 11.3. The summed E-state index contributed by atoms with van der Waals surface area (Å²) in [5.74, 6) is 0. The van der Waals surface area contributed by atoms with Crippen LogP contribution in [0.1, 0.15) is 18.2 Å². The van der Waals surface area contributed by atoms with E-state index in [-0.39, 0.29) is 12.0 Å². The van der Waals surface area contributed by atoms with Crippen LogP contribution in [0.25, 0.3) is 0 Å². The van der Waals surface area contributed by atoms with Gasteiger partial charge >= 0.3 is 5.69 Å². The van der Waals surface area contributed by atoms with Gasteiger partial charge in [-0.3, -0.25) is 14.3 Å². The van der Waals surface area contributed by atoms with Crippen LogP contribution in [0.4, 0.5) is 0 Å². The minimum Gasteiger partial charge on any atom is -0.394 e. The van der Waals surface area contributed by atoms with Gasteiger partial charge in [-0.15, -0.1) is 0 Å². The van der Waals surface area contributed by atoms with Crippen LogP contribution >= 0.6 is 0 Å². The lowest BCUT2D eigenvalue weighted by Crippen LogP contribution is -2.41. The molecule has 1 saturated heterocycles. The molecule has 0 radical (unpaired) electrons. The van der Waals surface area contributed by atoms with Crippen LogP contribution in [-0.4, -0.2) is 61.0 Å². The first-order valence-electron chi connectivity index (χ1n) is 6.47. The van der Waals surface area contributed by atoms with Gasteiger partial charge in [0.25, 0.3) is 5.56 Å². The molecule has 2 heterocycles. The molecule has 1 aromatic rings. The van der Waals surface area contributed by atoms with Crippen LogP contribution in [0.3, 0.4) is 0 Å². The zero-order chi connectivity index (χ0) is 15.7. The van der Waals surface area contributed by atoms with E-state index in [1.807, 2.05) is 0 Å². The van der Waals surface area contributed by atoms with Crippen molar-refractivity contribution in [1.82, 2.24) is 9.55 Å². The number of aliphatic hydroxyl groups excluding tert-OH is 4. The van der Waals surface area contributed by atoms with Gasteiger partial charge in [0.2, 0.25) is 0 Å². The molecule has 1 aromatic heterocycles. The summed E-state index contributed by atoms with van der Waals surface area (Å²) < 4.78 is 6.32. The maximum absolute atomic E-state index is 11.8. The number of hydrogen-bond acceptors (Lipinski definition) is 7. The Morgan fingerprint density at radius 2 is 2.00 bits per heavy atom. The number of hydrogen-bond donors (Lipinski definition) is 5. The minimum atomic E-state index is -1.39. The van der Waals surface area contributed by atoms with Gasteiger partial charge in [0.15, 0.2) is 6.23 Å². The molecule has 5 N–H and O–H groups in total. The number of rotatable bonds is 2. The molecule has 5 atom stereocenters. The van der Waals surface area contributed by atoms with Gasteiger partial charge in [-0.2, -0.15) is 0 Å². The standard InChI is InChI=1S/C12H18N2O7/c1-5-3-14(12(20)13-10(5)19)11-7(17)2-6(16)9(18)8(4-15)21-11/h3,6-9,11,15-18H,2,4H2,1H3,(H,13,19,20)/t6-,7-,8-,9+,11-/m1/s1. The molecule has 9 heteroatoms. The van der Waals surface area contributed by atoms with Crippen LogP contribution in [0.2, 0.25) is 0 Å². The monoisotopic (exact) mass is 302 g/mol. The van der Waals surface area contributed by atoms with Crippen LogP contribution < -0.4 is 11.2 Å². The first-order valence-corrected chi connectivity index (χ1v) is 6.47. The summed E-state index contributed by atoms with van der Waals surface area (Å²) in [5, 5.41) is 38.8. The number of aliphatic hydroxyl groups is 4. The highest BCUT2D eigenvalue weighted by molar-refractivity contribution is 5.02. The Labute approximate surface area is 119 Å². The molecule has 0 spiro atoms. The molecule has 0 aromatic carbocycles. The predicted molar refractivity (Wildman–Crippen MR) is 69.7 cm³/mol. The van der Waals surface area contributed by atoms with Gasteiger partial charge in [0.1, 0.15) is 18.3 Å². The highest BCUT2D eigenvalue weighted by Crippen LogP contribution is 2.26. The van der Waals surface area contributed by atoms with Crippen molar-refractivity contribution in [3.8, 4) is 0 Å². The van der Waals surface area contributed by atoms with Gasteiger partial charge in [-0.1, -0.05) is 0 Å². The highest BCUT2D eigenvalue weighted by Gasteiger charge is 2.39. The molecule has 118 valence electrons. The van der Waals surface area contributed by atoms with Crippen molar-refractivity contribution in [1.29, 1.82) is 0 Å². The quantitative estimate of drug-likeness (QED) is 0.397. The Hall–Kier alpha value is -1.52. The Bertz CT molecular complexity index is 610.